The maximum atomic E-state index is 12.2. The second-order valence-corrected chi connectivity index (χ2v) is 5.93. The Bertz CT molecular complexity index is 501. The van der Waals surface area contributed by atoms with Gasteiger partial charge in [0.05, 0.1) is 4.90 Å². The highest BCUT2D eigenvalue weighted by molar-refractivity contribution is 7.89. The zero-order valence-electron chi connectivity index (χ0n) is 11.5. The van der Waals surface area contributed by atoms with Gasteiger partial charge in [-0.1, -0.05) is 12.1 Å². The zero-order valence-corrected chi connectivity index (χ0v) is 12.3. The van der Waals surface area contributed by atoms with E-state index in [1.54, 1.807) is 19.1 Å². The summed E-state index contributed by atoms with van der Waals surface area (Å²) in [5.74, 6) is 0. The van der Waals surface area contributed by atoms with Crippen molar-refractivity contribution in [2.24, 2.45) is 5.73 Å². The molecule has 0 aliphatic carbocycles. The summed E-state index contributed by atoms with van der Waals surface area (Å²) in [4.78, 5) is 0.298. The Labute approximate surface area is 115 Å². The van der Waals surface area contributed by atoms with Crippen LogP contribution < -0.4 is 10.5 Å². The highest BCUT2D eigenvalue weighted by atomic mass is 32.2. The van der Waals surface area contributed by atoms with Crippen molar-refractivity contribution in [1.29, 1.82) is 0 Å². The van der Waals surface area contributed by atoms with Crippen LogP contribution in [0.15, 0.2) is 23.1 Å². The molecule has 0 saturated heterocycles. The molecule has 5 nitrogen and oxygen atoms in total. The minimum Gasteiger partial charge on any atom is -0.382 e. The first-order chi connectivity index (χ1) is 9.03. The van der Waals surface area contributed by atoms with E-state index in [2.05, 4.69) is 4.72 Å². The Morgan fingerprint density at radius 2 is 2.11 bits per heavy atom. The minimum atomic E-state index is -3.47. The van der Waals surface area contributed by atoms with Gasteiger partial charge in [0, 0.05) is 26.3 Å². The highest BCUT2D eigenvalue weighted by Gasteiger charge is 2.17. The van der Waals surface area contributed by atoms with E-state index in [-0.39, 0.29) is 0 Å². The summed E-state index contributed by atoms with van der Waals surface area (Å²) in [7, 11) is -3.47. The Morgan fingerprint density at radius 3 is 2.74 bits per heavy atom. The van der Waals surface area contributed by atoms with Gasteiger partial charge in [-0.2, -0.15) is 0 Å². The van der Waals surface area contributed by atoms with Crippen LogP contribution in [0.3, 0.4) is 0 Å². The first-order valence-electron chi connectivity index (χ1n) is 6.39. The number of rotatable bonds is 8. The maximum Gasteiger partial charge on any atom is 0.240 e. The second kappa shape index (κ2) is 7.59. The molecule has 0 bridgehead atoms. The van der Waals surface area contributed by atoms with Crippen molar-refractivity contribution in [3.63, 3.8) is 0 Å². The maximum absolute atomic E-state index is 12.2. The topological polar surface area (TPSA) is 81.4 Å². The Morgan fingerprint density at radius 1 is 1.37 bits per heavy atom. The van der Waals surface area contributed by atoms with E-state index in [0.717, 1.165) is 5.56 Å². The molecule has 0 spiro atoms. The van der Waals surface area contributed by atoms with Gasteiger partial charge in [0.2, 0.25) is 10.0 Å². The van der Waals surface area contributed by atoms with Gasteiger partial charge in [-0.25, -0.2) is 13.1 Å². The van der Waals surface area contributed by atoms with Crippen LogP contribution in [0.25, 0.3) is 0 Å². The standard InChI is InChI=1S/C13H22N2O3S/c1-3-18-9-5-8-15-19(16,17)13-7-4-6-12(10-14)11(13)2/h4,6-7,15H,3,5,8-10,14H2,1-2H3. The molecule has 0 heterocycles. The number of ether oxygens (including phenoxy) is 1. The van der Waals surface area contributed by atoms with Gasteiger partial charge in [0.1, 0.15) is 0 Å². The van der Waals surface area contributed by atoms with Gasteiger partial charge < -0.3 is 10.5 Å². The number of nitrogens with one attached hydrogen (secondary N) is 1. The quantitative estimate of drug-likeness (QED) is 0.703. The minimum absolute atomic E-state index is 0.298. The van der Waals surface area contributed by atoms with Crippen molar-refractivity contribution in [1.82, 2.24) is 4.72 Å². The molecule has 0 aliphatic rings. The van der Waals surface area contributed by atoms with Gasteiger partial charge in [-0.3, -0.25) is 0 Å². The first kappa shape index (κ1) is 16.1. The van der Waals surface area contributed by atoms with Crippen molar-refractivity contribution in [3.05, 3.63) is 29.3 Å². The Balaban J connectivity index is 2.72. The van der Waals surface area contributed by atoms with Gasteiger partial charge >= 0.3 is 0 Å². The third-order valence-corrected chi connectivity index (χ3v) is 4.47. The number of nitrogens with two attached hydrogens (primary N) is 1. The lowest BCUT2D eigenvalue weighted by Crippen LogP contribution is -2.26. The molecule has 0 aliphatic heterocycles. The highest BCUT2D eigenvalue weighted by Crippen LogP contribution is 2.18. The molecule has 0 amide bonds. The summed E-state index contributed by atoms with van der Waals surface area (Å²) >= 11 is 0. The van der Waals surface area contributed by atoms with Crippen molar-refractivity contribution >= 4 is 10.0 Å². The Kier molecular flexibility index (Phi) is 6.44. The summed E-state index contributed by atoms with van der Waals surface area (Å²) < 4.78 is 32.1. The molecule has 0 atom stereocenters. The van der Waals surface area contributed by atoms with Gasteiger partial charge in [0.15, 0.2) is 0 Å². The largest absolute Gasteiger partial charge is 0.382 e. The van der Waals surface area contributed by atoms with E-state index in [9.17, 15) is 8.42 Å². The van der Waals surface area contributed by atoms with Crippen LogP contribution in [0.1, 0.15) is 24.5 Å². The summed E-state index contributed by atoms with van der Waals surface area (Å²) in [6, 6.07) is 5.15. The lowest BCUT2D eigenvalue weighted by atomic mass is 10.1. The number of hydrogen-bond donors (Lipinski definition) is 2. The van der Waals surface area contributed by atoms with Crippen LogP contribution in [0, 0.1) is 6.92 Å². The Hall–Kier alpha value is -0.950. The summed E-state index contributed by atoms with van der Waals surface area (Å²) in [6.07, 6.45) is 0.655. The number of sulfonamides is 1. The fourth-order valence-electron chi connectivity index (χ4n) is 1.78. The van der Waals surface area contributed by atoms with Crippen molar-refractivity contribution in [3.8, 4) is 0 Å². The summed E-state index contributed by atoms with van der Waals surface area (Å²) in [5.41, 5.74) is 7.14. The molecule has 3 N–H and O–H groups in total. The third-order valence-electron chi connectivity index (χ3n) is 2.87. The van der Waals surface area contributed by atoms with Crippen molar-refractivity contribution < 1.29 is 13.2 Å². The fourth-order valence-corrected chi connectivity index (χ4v) is 3.14. The molecule has 0 aromatic heterocycles. The van der Waals surface area contributed by atoms with Crippen LogP contribution in [0.5, 0.6) is 0 Å². The van der Waals surface area contributed by atoms with E-state index in [1.807, 2.05) is 13.0 Å². The van der Waals surface area contributed by atoms with Crippen LogP contribution >= 0.6 is 0 Å². The first-order valence-corrected chi connectivity index (χ1v) is 7.87. The van der Waals surface area contributed by atoms with Gasteiger partial charge in [-0.05, 0) is 37.5 Å². The van der Waals surface area contributed by atoms with E-state index >= 15 is 0 Å². The van der Waals surface area contributed by atoms with Crippen LogP contribution in [-0.4, -0.2) is 28.2 Å². The predicted octanol–water partition coefficient (Wildman–Crippen LogP) is 1.16. The van der Waals surface area contributed by atoms with E-state index in [1.165, 1.54) is 0 Å². The average molecular weight is 286 g/mol. The molecule has 19 heavy (non-hydrogen) atoms. The zero-order chi connectivity index (χ0) is 14.3. The molecule has 0 radical (unpaired) electrons. The molecule has 0 fully saturated rings. The molecule has 1 aromatic rings. The average Bonchev–Trinajstić information content (AvgIpc) is 2.38. The second-order valence-electron chi connectivity index (χ2n) is 4.19. The van der Waals surface area contributed by atoms with Gasteiger partial charge in [-0.15, -0.1) is 0 Å². The van der Waals surface area contributed by atoms with Crippen LogP contribution in [0.2, 0.25) is 0 Å². The molecule has 1 aromatic carbocycles. The molecule has 6 heteroatoms. The molecular formula is C13H22N2O3S. The third kappa shape index (κ3) is 4.58. The normalized spacial score (nSPS) is 11.7. The van der Waals surface area contributed by atoms with Crippen molar-refractivity contribution in [2.75, 3.05) is 19.8 Å². The van der Waals surface area contributed by atoms with Crippen molar-refractivity contribution in [2.45, 2.75) is 31.7 Å². The molecule has 108 valence electrons. The van der Waals surface area contributed by atoms with E-state index in [0.29, 0.717) is 43.2 Å². The monoisotopic (exact) mass is 286 g/mol. The van der Waals surface area contributed by atoms with Crippen LogP contribution in [-0.2, 0) is 21.3 Å². The molecule has 0 unspecified atom stereocenters. The summed E-state index contributed by atoms with van der Waals surface area (Å²) in [6.45, 7) is 5.59. The number of benzene rings is 1. The molecule has 1 rings (SSSR count). The lowest BCUT2D eigenvalue weighted by molar-refractivity contribution is 0.146. The van der Waals surface area contributed by atoms with E-state index < -0.39 is 10.0 Å². The smallest absolute Gasteiger partial charge is 0.240 e. The number of hydrogen-bond acceptors (Lipinski definition) is 4. The lowest BCUT2D eigenvalue weighted by Gasteiger charge is -2.11. The van der Waals surface area contributed by atoms with Gasteiger partial charge in [0.25, 0.3) is 0 Å². The molecular weight excluding hydrogens is 264 g/mol. The van der Waals surface area contributed by atoms with E-state index in [4.69, 9.17) is 10.5 Å². The summed E-state index contributed by atoms with van der Waals surface area (Å²) in [5, 5.41) is 0. The SMILES string of the molecule is CCOCCCNS(=O)(=O)c1cccc(CN)c1C. The van der Waals surface area contributed by atoms with Crippen LogP contribution in [0.4, 0.5) is 0 Å². The fraction of sp³-hybridized carbons (Fsp3) is 0.538. The molecule has 0 saturated carbocycles. The predicted molar refractivity (Wildman–Crippen MR) is 75.4 cm³/mol.